The van der Waals surface area contributed by atoms with Crippen molar-refractivity contribution in [2.45, 2.75) is 30.6 Å². The molecule has 1 aliphatic rings. The van der Waals surface area contributed by atoms with Crippen molar-refractivity contribution >= 4 is 15.9 Å². The summed E-state index contributed by atoms with van der Waals surface area (Å²) >= 11 is 0. The second-order valence-corrected chi connectivity index (χ2v) is 9.30. The van der Waals surface area contributed by atoms with E-state index in [1.54, 1.807) is 7.11 Å². The Morgan fingerprint density at radius 3 is 2.67 bits per heavy atom. The molecule has 0 aromatic heterocycles. The zero-order valence-corrected chi connectivity index (χ0v) is 17.8. The van der Waals surface area contributed by atoms with Crippen LogP contribution in [-0.2, 0) is 21.2 Å². The maximum Gasteiger partial charge on any atom is 0.243 e. The van der Waals surface area contributed by atoms with E-state index >= 15 is 0 Å². The Labute approximate surface area is 177 Å². The fourth-order valence-electron chi connectivity index (χ4n) is 3.67. The molecule has 1 fully saturated rings. The van der Waals surface area contributed by atoms with Gasteiger partial charge in [0, 0.05) is 19.6 Å². The van der Waals surface area contributed by atoms with Gasteiger partial charge in [0.05, 0.1) is 17.9 Å². The average Bonchev–Trinajstić information content (AvgIpc) is 2.77. The summed E-state index contributed by atoms with van der Waals surface area (Å²) in [7, 11) is -2.11. The first-order valence-corrected chi connectivity index (χ1v) is 11.5. The lowest BCUT2D eigenvalue weighted by Gasteiger charge is -2.31. The predicted octanol–water partition coefficient (Wildman–Crippen LogP) is 2.98. The van der Waals surface area contributed by atoms with Crippen LogP contribution >= 0.6 is 0 Å². The van der Waals surface area contributed by atoms with Crippen molar-refractivity contribution in [2.24, 2.45) is 5.92 Å². The summed E-state index contributed by atoms with van der Waals surface area (Å²) < 4.78 is 45.4. The zero-order chi connectivity index (χ0) is 21.6. The summed E-state index contributed by atoms with van der Waals surface area (Å²) in [5, 5.41) is 2.93. The minimum absolute atomic E-state index is 0.0433. The molecule has 0 radical (unpaired) electrons. The van der Waals surface area contributed by atoms with E-state index in [9.17, 15) is 17.6 Å². The van der Waals surface area contributed by atoms with Gasteiger partial charge in [0.25, 0.3) is 0 Å². The van der Waals surface area contributed by atoms with Gasteiger partial charge in [0.2, 0.25) is 15.9 Å². The van der Waals surface area contributed by atoms with Crippen LogP contribution in [0.5, 0.6) is 5.75 Å². The topological polar surface area (TPSA) is 75.7 Å². The summed E-state index contributed by atoms with van der Waals surface area (Å²) in [6.07, 6.45) is 2.80. The van der Waals surface area contributed by atoms with Crippen LogP contribution in [0.25, 0.3) is 0 Å². The number of benzene rings is 2. The Morgan fingerprint density at radius 1 is 1.20 bits per heavy atom. The lowest BCUT2D eigenvalue weighted by atomic mass is 9.99. The van der Waals surface area contributed by atoms with Crippen molar-refractivity contribution in [2.75, 3.05) is 26.7 Å². The molecule has 0 unspecified atom stereocenters. The molecule has 2 aromatic carbocycles. The number of halogens is 1. The molecule has 162 valence electrons. The first-order chi connectivity index (χ1) is 14.4. The van der Waals surface area contributed by atoms with E-state index in [0.29, 0.717) is 25.9 Å². The van der Waals surface area contributed by atoms with Gasteiger partial charge in [-0.2, -0.15) is 4.31 Å². The van der Waals surface area contributed by atoms with Gasteiger partial charge in [-0.3, -0.25) is 4.79 Å². The predicted molar refractivity (Wildman–Crippen MR) is 112 cm³/mol. The van der Waals surface area contributed by atoms with E-state index in [1.165, 1.54) is 16.4 Å². The number of nitrogens with zero attached hydrogens (tertiary/aromatic N) is 1. The number of para-hydroxylation sites is 1. The van der Waals surface area contributed by atoms with Crippen LogP contribution in [0.1, 0.15) is 24.8 Å². The molecule has 6 nitrogen and oxygen atoms in total. The van der Waals surface area contributed by atoms with E-state index < -0.39 is 15.8 Å². The fourth-order valence-corrected chi connectivity index (χ4v) is 5.20. The summed E-state index contributed by atoms with van der Waals surface area (Å²) in [4.78, 5) is 12.6. The number of hydrogen-bond acceptors (Lipinski definition) is 4. The van der Waals surface area contributed by atoms with E-state index in [1.807, 2.05) is 24.3 Å². The fraction of sp³-hybridized carbons (Fsp3) is 0.409. The first-order valence-electron chi connectivity index (χ1n) is 10.1. The van der Waals surface area contributed by atoms with Gasteiger partial charge >= 0.3 is 0 Å². The van der Waals surface area contributed by atoms with Gasteiger partial charge in [-0.1, -0.05) is 18.2 Å². The van der Waals surface area contributed by atoms with Gasteiger partial charge in [0.1, 0.15) is 11.6 Å². The van der Waals surface area contributed by atoms with Crippen LogP contribution < -0.4 is 10.1 Å². The van der Waals surface area contributed by atoms with Crippen LogP contribution in [0.3, 0.4) is 0 Å². The summed E-state index contributed by atoms with van der Waals surface area (Å²) in [6, 6.07) is 12.5. The quantitative estimate of drug-likeness (QED) is 0.648. The third-order valence-electron chi connectivity index (χ3n) is 5.32. The monoisotopic (exact) mass is 434 g/mol. The Kier molecular flexibility index (Phi) is 7.44. The largest absolute Gasteiger partial charge is 0.496 e. The molecule has 1 atom stereocenters. The second-order valence-electron chi connectivity index (χ2n) is 7.36. The number of amides is 1. The molecule has 0 bridgehead atoms. The SMILES string of the molecule is COc1ccccc1CCCNC(=O)[C@@H]1CCCN(S(=O)(=O)c2ccc(F)cc2)C1. The highest BCUT2D eigenvalue weighted by atomic mass is 32.2. The number of rotatable bonds is 8. The molecular weight excluding hydrogens is 407 g/mol. The molecular formula is C22H27FN2O4S. The molecule has 0 aliphatic carbocycles. The minimum atomic E-state index is -3.74. The van der Waals surface area contributed by atoms with Crippen LogP contribution in [0.15, 0.2) is 53.4 Å². The van der Waals surface area contributed by atoms with Crippen molar-refractivity contribution in [1.29, 1.82) is 0 Å². The van der Waals surface area contributed by atoms with Gasteiger partial charge < -0.3 is 10.1 Å². The Morgan fingerprint density at radius 2 is 1.93 bits per heavy atom. The zero-order valence-electron chi connectivity index (χ0n) is 17.0. The van der Waals surface area contributed by atoms with Crippen molar-refractivity contribution in [3.8, 4) is 5.75 Å². The lowest BCUT2D eigenvalue weighted by molar-refractivity contribution is -0.126. The number of aryl methyl sites for hydroxylation is 1. The number of hydrogen-bond donors (Lipinski definition) is 1. The van der Waals surface area contributed by atoms with Crippen LogP contribution in [-0.4, -0.2) is 45.4 Å². The van der Waals surface area contributed by atoms with Crippen LogP contribution in [0.4, 0.5) is 4.39 Å². The number of piperidine rings is 1. The molecule has 0 spiro atoms. The Balaban J connectivity index is 1.52. The highest BCUT2D eigenvalue weighted by Crippen LogP contribution is 2.24. The van der Waals surface area contributed by atoms with Gasteiger partial charge in [-0.05, 0) is 61.6 Å². The number of carbonyl (C=O) groups is 1. The molecule has 1 N–H and O–H groups in total. The minimum Gasteiger partial charge on any atom is -0.496 e. The number of ether oxygens (including phenoxy) is 1. The van der Waals surface area contributed by atoms with E-state index in [-0.39, 0.29) is 23.3 Å². The maximum atomic E-state index is 13.1. The van der Waals surface area contributed by atoms with Crippen molar-refractivity contribution in [3.05, 3.63) is 59.9 Å². The normalized spacial score (nSPS) is 17.5. The van der Waals surface area contributed by atoms with Gasteiger partial charge in [-0.15, -0.1) is 0 Å². The van der Waals surface area contributed by atoms with Crippen LogP contribution in [0.2, 0.25) is 0 Å². The van der Waals surface area contributed by atoms with Crippen molar-refractivity contribution in [3.63, 3.8) is 0 Å². The molecule has 8 heteroatoms. The first kappa shape index (κ1) is 22.2. The number of carbonyl (C=O) groups excluding carboxylic acids is 1. The molecule has 3 rings (SSSR count). The van der Waals surface area contributed by atoms with E-state index in [2.05, 4.69) is 5.32 Å². The third-order valence-corrected chi connectivity index (χ3v) is 7.20. The highest BCUT2D eigenvalue weighted by Gasteiger charge is 2.33. The molecule has 0 saturated carbocycles. The van der Waals surface area contributed by atoms with Gasteiger partial charge in [0.15, 0.2) is 0 Å². The standard InChI is InChI=1S/C22H27FN2O4S/c1-29-21-9-3-2-6-17(21)7-4-14-24-22(26)18-8-5-15-25(16-18)30(27,28)20-12-10-19(23)11-13-20/h2-3,6,9-13,18H,4-5,7-8,14-16H2,1H3,(H,24,26)/t18-/m1/s1. The molecule has 30 heavy (non-hydrogen) atoms. The van der Waals surface area contributed by atoms with Gasteiger partial charge in [-0.25, -0.2) is 12.8 Å². The summed E-state index contributed by atoms with van der Waals surface area (Å²) in [6.45, 7) is 1.01. The lowest BCUT2D eigenvalue weighted by Crippen LogP contribution is -2.45. The molecule has 1 saturated heterocycles. The molecule has 1 amide bonds. The molecule has 1 aliphatic heterocycles. The third kappa shape index (κ3) is 5.37. The van der Waals surface area contributed by atoms with Crippen LogP contribution in [0, 0.1) is 11.7 Å². The summed E-state index contributed by atoms with van der Waals surface area (Å²) in [5.74, 6) is -0.176. The molecule has 1 heterocycles. The maximum absolute atomic E-state index is 13.1. The van der Waals surface area contributed by atoms with E-state index in [4.69, 9.17) is 4.74 Å². The number of methoxy groups -OCH3 is 1. The second kappa shape index (κ2) is 10.0. The number of nitrogens with one attached hydrogen (secondary N) is 1. The molecule has 2 aromatic rings. The highest BCUT2D eigenvalue weighted by molar-refractivity contribution is 7.89. The Hall–Kier alpha value is -2.45. The Bertz CT molecular complexity index is 963. The summed E-state index contributed by atoms with van der Waals surface area (Å²) in [5.41, 5.74) is 1.09. The van der Waals surface area contributed by atoms with Crippen molar-refractivity contribution in [1.82, 2.24) is 9.62 Å². The number of sulfonamides is 1. The average molecular weight is 435 g/mol. The van der Waals surface area contributed by atoms with Crippen molar-refractivity contribution < 1.29 is 22.3 Å². The smallest absolute Gasteiger partial charge is 0.243 e. The van der Waals surface area contributed by atoms with E-state index in [0.717, 1.165) is 36.3 Å².